The summed E-state index contributed by atoms with van der Waals surface area (Å²) in [5.74, 6) is -2.34. The Kier molecular flexibility index (Phi) is 6.31. The number of rotatable bonds is 7. The number of pyridine rings is 3. The van der Waals surface area contributed by atoms with E-state index in [-0.39, 0.29) is 11.3 Å². The van der Waals surface area contributed by atoms with Crippen molar-refractivity contribution >= 4 is 47.4 Å². The summed E-state index contributed by atoms with van der Waals surface area (Å²) < 4.78 is 29.2. The molecule has 0 radical (unpaired) electrons. The van der Waals surface area contributed by atoms with E-state index in [4.69, 9.17) is 11.6 Å². The number of fused-ring (bicyclic) bond motifs is 1. The lowest BCUT2D eigenvalue weighted by molar-refractivity contribution is 0.480. The van der Waals surface area contributed by atoms with Crippen molar-refractivity contribution < 1.29 is 8.78 Å². The third-order valence-corrected chi connectivity index (χ3v) is 7.28. The average Bonchev–Trinajstić information content (AvgIpc) is 3.66. The van der Waals surface area contributed by atoms with E-state index < -0.39 is 17.2 Å². The number of halogens is 3. The summed E-state index contributed by atoms with van der Waals surface area (Å²) in [5.41, 5.74) is 3.23. The summed E-state index contributed by atoms with van der Waals surface area (Å²) in [5, 5.41) is 26.1. The third-order valence-electron chi connectivity index (χ3n) is 6.99. The molecule has 5 aromatic rings. The van der Waals surface area contributed by atoms with Gasteiger partial charge in [-0.25, -0.2) is 14.1 Å². The van der Waals surface area contributed by atoms with Crippen LogP contribution in [0.25, 0.3) is 10.9 Å². The molecule has 0 aliphatic heterocycles. The third kappa shape index (κ3) is 4.58. The highest BCUT2D eigenvalue weighted by atomic mass is 35.5. The lowest BCUT2D eigenvalue weighted by atomic mass is 9.69. The van der Waals surface area contributed by atoms with Gasteiger partial charge in [0.2, 0.25) is 5.95 Å². The minimum Gasteiger partial charge on any atom is -0.377 e. The number of aryl methyl sites for hydroxylation is 1. The van der Waals surface area contributed by atoms with Gasteiger partial charge in [-0.1, -0.05) is 22.9 Å². The molecule has 1 aliphatic rings. The van der Waals surface area contributed by atoms with E-state index >= 15 is 0 Å². The molecule has 1 aromatic carbocycles. The number of nitriles is 1. The van der Waals surface area contributed by atoms with Crippen molar-refractivity contribution in [3.63, 3.8) is 0 Å². The van der Waals surface area contributed by atoms with Gasteiger partial charge in [-0.05, 0) is 43.5 Å². The Morgan fingerprint density at radius 3 is 2.70 bits per heavy atom. The lowest BCUT2D eigenvalue weighted by Crippen LogP contribution is -2.38. The zero-order chi connectivity index (χ0) is 28.0. The second kappa shape index (κ2) is 9.84. The predicted octanol–water partition coefficient (Wildman–Crippen LogP) is 4.75. The van der Waals surface area contributed by atoms with Gasteiger partial charge < -0.3 is 10.6 Å². The topological polar surface area (TPSA) is 117 Å². The SMILES string of the molecule is BC(Nc1cc(Cl)c2ncc(C#N)c(Nc3cnc(F)c(F)c3)c2c1)(c1cn(C2CC2)nn1)c1cccnc1C. The molecule has 4 aromatic heterocycles. The van der Waals surface area contributed by atoms with Gasteiger partial charge in [-0.3, -0.25) is 9.97 Å². The highest BCUT2D eigenvalue weighted by Crippen LogP contribution is 2.39. The van der Waals surface area contributed by atoms with Crippen molar-refractivity contribution in [2.75, 3.05) is 10.6 Å². The molecular weight excluding hydrogens is 535 g/mol. The molecule has 9 nitrogen and oxygen atoms in total. The predicted molar refractivity (Wildman–Crippen MR) is 149 cm³/mol. The van der Waals surface area contributed by atoms with Crippen molar-refractivity contribution in [2.45, 2.75) is 31.2 Å². The Labute approximate surface area is 233 Å². The largest absolute Gasteiger partial charge is 0.377 e. The van der Waals surface area contributed by atoms with Crippen LogP contribution in [0.2, 0.25) is 5.02 Å². The summed E-state index contributed by atoms with van der Waals surface area (Å²) in [7, 11) is 1.99. The van der Waals surface area contributed by atoms with Gasteiger partial charge in [-0.2, -0.15) is 9.65 Å². The monoisotopic (exact) mass is 555 g/mol. The van der Waals surface area contributed by atoms with Crippen LogP contribution in [0.5, 0.6) is 0 Å². The van der Waals surface area contributed by atoms with Gasteiger partial charge in [0, 0.05) is 35.2 Å². The molecule has 2 N–H and O–H groups in total. The standard InChI is InChI=1S/C27H21BClF2N9/c1-14-20(3-2-6-33-14)27(28,23-13-40(39-38-23)18-4-5-18)37-16-7-19-24(36-17-9-22(30)26(31)35-12-17)15(10-32)11-34-25(19)21(29)8-16/h2-3,6-9,11-13,18,37H,4-5,28H2,1H3,(H,34,36). The molecule has 1 atom stereocenters. The van der Waals surface area contributed by atoms with E-state index in [0.717, 1.165) is 36.4 Å². The molecule has 4 heterocycles. The van der Waals surface area contributed by atoms with E-state index in [0.29, 0.717) is 39.0 Å². The maximum atomic E-state index is 13.9. The smallest absolute Gasteiger partial charge is 0.249 e. The molecule has 1 fully saturated rings. The number of hydrogen-bond donors (Lipinski definition) is 2. The molecule has 0 amide bonds. The number of nitrogens with one attached hydrogen (secondary N) is 2. The fraction of sp³-hybridized carbons (Fsp3) is 0.185. The molecule has 40 heavy (non-hydrogen) atoms. The summed E-state index contributed by atoms with van der Waals surface area (Å²) in [6.45, 7) is 1.93. The van der Waals surface area contributed by atoms with Crippen LogP contribution in [-0.4, -0.2) is 37.8 Å². The Hall–Kier alpha value is -4.63. The van der Waals surface area contributed by atoms with Gasteiger partial charge in [0.15, 0.2) is 5.82 Å². The van der Waals surface area contributed by atoms with Crippen molar-refractivity contribution in [3.8, 4) is 6.07 Å². The van der Waals surface area contributed by atoms with Crippen LogP contribution in [0.15, 0.2) is 55.1 Å². The highest BCUT2D eigenvalue weighted by molar-refractivity contribution is 6.36. The molecule has 1 saturated carbocycles. The van der Waals surface area contributed by atoms with Crippen LogP contribution in [0.3, 0.4) is 0 Å². The molecule has 1 unspecified atom stereocenters. The second-order valence-corrected chi connectivity index (χ2v) is 10.2. The van der Waals surface area contributed by atoms with Gasteiger partial charge in [-0.15, -0.1) is 5.10 Å². The van der Waals surface area contributed by atoms with Crippen molar-refractivity contribution in [1.82, 2.24) is 29.9 Å². The summed E-state index contributed by atoms with van der Waals surface area (Å²) in [4.78, 5) is 12.3. The summed E-state index contributed by atoms with van der Waals surface area (Å²) in [6, 6.07) is 10.8. The first-order valence-electron chi connectivity index (χ1n) is 12.5. The first-order chi connectivity index (χ1) is 19.3. The van der Waals surface area contributed by atoms with E-state index in [1.54, 1.807) is 18.3 Å². The number of hydrogen-bond acceptors (Lipinski definition) is 8. The van der Waals surface area contributed by atoms with Crippen molar-refractivity contribution in [3.05, 3.63) is 94.4 Å². The number of anilines is 3. The number of nitrogens with zero attached hydrogens (tertiary/aromatic N) is 7. The number of benzene rings is 1. The van der Waals surface area contributed by atoms with Crippen LogP contribution < -0.4 is 10.6 Å². The zero-order valence-corrected chi connectivity index (χ0v) is 22.2. The number of aromatic nitrogens is 6. The fourth-order valence-corrected chi connectivity index (χ4v) is 5.05. The first kappa shape index (κ1) is 25.6. The summed E-state index contributed by atoms with van der Waals surface area (Å²) in [6.07, 6.45) is 8.32. The van der Waals surface area contributed by atoms with Crippen LogP contribution in [0.4, 0.5) is 25.8 Å². The van der Waals surface area contributed by atoms with E-state index in [2.05, 4.69) is 42.0 Å². The van der Waals surface area contributed by atoms with Gasteiger partial charge in [0.1, 0.15) is 19.6 Å². The van der Waals surface area contributed by atoms with Crippen LogP contribution >= 0.6 is 11.6 Å². The first-order valence-corrected chi connectivity index (χ1v) is 12.9. The molecule has 0 bridgehead atoms. The van der Waals surface area contributed by atoms with Gasteiger partial charge in [0.25, 0.3) is 0 Å². The lowest BCUT2D eigenvalue weighted by Gasteiger charge is -2.32. The molecule has 0 saturated heterocycles. The van der Waals surface area contributed by atoms with Gasteiger partial charge >= 0.3 is 0 Å². The molecular formula is C27H21BClF2N9. The maximum absolute atomic E-state index is 13.9. The maximum Gasteiger partial charge on any atom is 0.249 e. The molecule has 13 heteroatoms. The molecule has 1 aliphatic carbocycles. The molecule has 6 rings (SSSR count). The Morgan fingerprint density at radius 1 is 1.15 bits per heavy atom. The van der Waals surface area contributed by atoms with E-state index in [1.165, 1.54) is 6.20 Å². The minimum absolute atomic E-state index is 0.157. The molecule has 0 spiro atoms. The fourth-order valence-electron chi connectivity index (χ4n) is 4.78. The van der Waals surface area contributed by atoms with Crippen molar-refractivity contribution in [2.24, 2.45) is 0 Å². The van der Waals surface area contributed by atoms with Crippen LogP contribution in [0.1, 0.15) is 41.4 Å². The van der Waals surface area contributed by atoms with Gasteiger partial charge in [0.05, 0.1) is 51.4 Å². The quantitative estimate of drug-likeness (QED) is 0.218. The van der Waals surface area contributed by atoms with Crippen molar-refractivity contribution in [1.29, 1.82) is 5.26 Å². The Bertz CT molecular complexity index is 1820. The van der Waals surface area contributed by atoms with Crippen LogP contribution in [0, 0.1) is 30.0 Å². The molecule has 198 valence electrons. The Morgan fingerprint density at radius 2 is 1.98 bits per heavy atom. The highest BCUT2D eigenvalue weighted by Gasteiger charge is 2.36. The average molecular weight is 556 g/mol. The van der Waals surface area contributed by atoms with Crippen LogP contribution in [-0.2, 0) is 5.44 Å². The second-order valence-electron chi connectivity index (χ2n) is 9.84. The Balaban J connectivity index is 1.49. The van der Waals surface area contributed by atoms with E-state index in [9.17, 15) is 14.0 Å². The minimum atomic E-state index is -1.22. The zero-order valence-electron chi connectivity index (χ0n) is 21.5. The summed E-state index contributed by atoms with van der Waals surface area (Å²) >= 11 is 6.71. The normalized spacial score (nSPS) is 14.5. The van der Waals surface area contributed by atoms with E-state index in [1.807, 2.05) is 37.8 Å².